The van der Waals surface area contributed by atoms with E-state index in [0.717, 1.165) is 24.3 Å². The SMILES string of the molecule is CCC[N+](CCC)(CCC)CCC.O=C([O-])c1ccccc1S(=O)(=O)c1ccccc1C(=O)O. The van der Waals surface area contributed by atoms with E-state index in [4.69, 9.17) is 5.11 Å². The minimum absolute atomic E-state index is 0.425. The Bertz CT molecular complexity index is 956. The molecule has 0 radical (unpaired) electrons. The van der Waals surface area contributed by atoms with Crippen molar-refractivity contribution in [3.8, 4) is 0 Å². The molecule has 0 bridgehead atoms. The predicted octanol–water partition coefficient (Wildman–Crippen LogP) is 4.02. The van der Waals surface area contributed by atoms with E-state index >= 15 is 0 Å². The summed E-state index contributed by atoms with van der Waals surface area (Å²) in [5.74, 6) is -3.07. The van der Waals surface area contributed by atoms with Crippen molar-refractivity contribution in [1.82, 2.24) is 0 Å². The second-order valence-electron chi connectivity index (χ2n) is 8.32. The van der Waals surface area contributed by atoms with Crippen LogP contribution in [-0.2, 0) is 9.84 Å². The van der Waals surface area contributed by atoms with Gasteiger partial charge in [0.15, 0.2) is 0 Å². The van der Waals surface area contributed by atoms with Gasteiger partial charge in [0.1, 0.15) is 0 Å². The van der Waals surface area contributed by atoms with E-state index in [2.05, 4.69) is 27.7 Å². The smallest absolute Gasteiger partial charge is 0.337 e. The lowest BCUT2D eigenvalue weighted by molar-refractivity contribution is -0.928. The van der Waals surface area contributed by atoms with Crippen LogP contribution < -0.4 is 5.11 Å². The Hall–Kier alpha value is -2.71. The molecule has 1 N–H and O–H groups in total. The standard InChI is InChI=1S/C14H10O6S.C12H28N/c15-13(16)9-5-1-3-7-11(9)21(19,20)12-8-4-2-6-10(12)14(17)18;1-5-9-13(10-6-2,11-7-3)12-8-4/h1-8H,(H,15,16)(H,17,18);5-12H2,1-4H3/q;+1/p-1. The van der Waals surface area contributed by atoms with Crippen molar-refractivity contribution in [2.75, 3.05) is 26.2 Å². The molecule has 7 nitrogen and oxygen atoms in total. The Morgan fingerprint density at radius 2 is 1.09 bits per heavy atom. The lowest BCUT2D eigenvalue weighted by Crippen LogP contribution is -2.50. The van der Waals surface area contributed by atoms with Gasteiger partial charge in [-0.25, -0.2) is 13.2 Å². The third-order valence-electron chi connectivity index (χ3n) is 5.60. The highest BCUT2D eigenvalue weighted by Gasteiger charge is 2.26. The van der Waals surface area contributed by atoms with Crippen LogP contribution in [0, 0.1) is 0 Å². The minimum atomic E-state index is -4.29. The largest absolute Gasteiger partial charge is 0.545 e. The molecule has 0 amide bonds. The van der Waals surface area contributed by atoms with E-state index in [-0.39, 0.29) is 0 Å². The number of benzene rings is 2. The summed E-state index contributed by atoms with van der Waals surface area (Å²) in [6.45, 7) is 14.8. The van der Waals surface area contributed by atoms with Crippen LogP contribution >= 0.6 is 0 Å². The summed E-state index contributed by atoms with van der Waals surface area (Å²) < 4.78 is 26.4. The van der Waals surface area contributed by atoms with Gasteiger partial charge in [0.25, 0.3) is 0 Å². The fourth-order valence-electron chi connectivity index (χ4n) is 4.43. The van der Waals surface area contributed by atoms with E-state index in [1.807, 2.05) is 0 Å². The molecule has 8 heteroatoms. The first-order chi connectivity index (χ1) is 16.1. The monoisotopic (exact) mass is 491 g/mol. The Labute approximate surface area is 203 Å². The molecule has 0 saturated heterocycles. The molecule has 0 aliphatic heterocycles. The summed E-state index contributed by atoms with van der Waals surface area (Å²) in [6.07, 6.45) is 5.33. The summed E-state index contributed by atoms with van der Waals surface area (Å²) in [4.78, 5) is 21.2. The maximum Gasteiger partial charge on any atom is 0.337 e. The number of carbonyl (C=O) groups excluding carboxylic acids is 1. The molecule has 0 saturated carbocycles. The first kappa shape index (κ1) is 29.3. The minimum Gasteiger partial charge on any atom is -0.545 e. The zero-order valence-electron chi connectivity index (χ0n) is 20.6. The molecule has 0 spiro atoms. The number of hydrogen-bond donors (Lipinski definition) is 1. The molecule has 0 aromatic heterocycles. The summed E-state index contributed by atoms with van der Waals surface area (Å²) in [5.41, 5.74) is -0.941. The lowest BCUT2D eigenvalue weighted by Gasteiger charge is -2.38. The van der Waals surface area contributed by atoms with Crippen molar-refractivity contribution in [3.05, 3.63) is 59.7 Å². The van der Waals surface area contributed by atoms with Crippen LogP contribution in [0.5, 0.6) is 0 Å². The number of sulfone groups is 1. The van der Waals surface area contributed by atoms with Gasteiger partial charge in [-0.15, -0.1) is 0 Å². The van der Waals surface area contributed by atoms with E-state index in [1.165, 1.54) is 80.6 Å². The topological polar surface area (TPSA) is 112 Å². The summed E-state index contributed by atoms with van der Waals surface area (Å²) in [7, 11) is -4.29. The van der Waals surface area contributed by atoms with Gasteiger partial charge in [-0.1, -0.05) is 58.0 Å². The van der Waals surface area contributed by atoms with Crippen molar-refractivity contribution in [3.63, 3.8) is 0 Å². The summed E-state index contributed by atoms with van der Waals surface area (Å²) in [6, 6.07) is 9.89. The molecule has 0 heterocycles. The maximum absolute atomic E-state index is 12.5. The number of aromatic carboxylic acids is 2. The van der Waals surface area contributed by atoms with Crippen molar-refractivity contribution in [2.45, 2.75) is 63.2 Å². The highest BCUT2D eigenvalue weighted by molar-refractivity contribution is 7.91. The fourth-order valence-corrected chi connectivity index (χ4v) is 6.07. The fraction of sp³-hybridized carbons (Fsp3) is 0.462. The summed E-state index contributed by atoms with van der Waals surface area (Å²) >= 11 is 0. The molecule has 0 aliphatic carbocycles. The van der Waals surface area contributed by atoms with Gasteiger partial charge >= 0.3 is 5.97 Å². The number of carboxylic acids is 2. The van der Waals surface area contributed by atoms with Crippen LogP contribution in [0.4, 0.5) is 0 Å². The number of nitrogens with zero attached hydrogens (tertiary/aromatic N) is 1. The average molecular weight is 492 g/mol. The third-order valence-corrected chi connectivity index (χ3v) is 7.47. The quantitative estimate of drug-likeness (QED) is 0.449. The zero-order chi connectivity index (χ0) is 25.8. The molecular weight excluding hydrogens is 454 g/mol. The first-order valence-electron chi connectivity index (χ1n) is 11.8. The van der Waals surface area contributed by atoms with Crippen LogP contribution in [0.25, 0.3) is 0 Å². The van der Waals surface area contributed by atoms with E-state index in [1.54, 1.807) is 0 Å². The summed E-state index contributed by atoms with van der Waals surface area (Å²) in [5, 5.41) is 20.1. The molecule has 34 heavy (non-hydrogen) atoms. The van der Waals surface area contributed by atoms with Gasteiger partial charge in [-0.3, -0.25) is 0 Å². The average Bonchev–Trinajstić information content (AvgIpc) is 2.80. The number of hydrogen-bond acceptors (Lipinski definition) is 5. The maximum atomic E-state index is 12.5. The van der Waals surface area contributed by atoms with E-state index in [9.17, 15) is 23.1 Å². The van der Waals surface area contributed by atoms with Gasteiger partial charge in [-0.05, 0) is 43.9 Å². The van der Waals surface area contributed by atoms with Gasteiger partial charge < -0.3 is 19.5 Å². The highest BCUT2D eigenvalue weighted by atomic mass is 32.2. The molecule has 2 aromatic carbocycles. The number of quaternary nitrogens is 1. The van der Waals surface area contributed by atoms with Gasteiger partial charge in [0, 0.05) is 5.56 Å². The molecule has 0 atom stereocenters. The zero-order valence-corrected chi connectivity index (χ0v) is 21.4. The van der Waals surface area contributed by atoms with Gasteiger partial charge in [0.2, 0.25) is 9.84 Å². The van der Waals surface area contributed by atoms with Crippen LogP contribution in [-0.4, -0.2) is 56.1 Å². The van der Waals surface area contributed by atoms with E-state index < -0.39 is 42.7 Å². The van der Waals surface area contributed by atoms with Gasteiger partial charge in [0.05, 0.1) is 47.5 Å². The predicted molar refractivity (Wildman–Crippen MR) is 131 cm³/mol. The molecular formula is C26H37NO6S. The first-order valence-corrected chi connectivity index (χ1v) is 13.3. The van der Waals surface area contributed by atoms with Crippen molar-refractivity contribution < 1.29 is 32.7 Å². The second-order valence-corrected chi connectivity index (χ2v) is 10.2. The Balaban J connectivity index is 0.000000385. The number of carbonyl (C=O) groups is 2. The third kappa shape index (κ3) is 7.67. The Morgan fingerprint density at radius 3 is 1.44 bits per heavy atom. The lowest BCUT2D eigenvalue weighted by atomic mass is 10.2. The molecule has 2 rings (SSSR count). The van der Waals surface area contributed by atoms with Crippen LogP contribution in [0.3, 0.4) is 0 Å². The number of carboxylic acid groups (broad SMARTS) is 2. The molecule has 0 fully saturated rings. The van der Waals surface area contributed by atoms with E-state index in [0.29, 0.717) is 0 Å². The molecule has 188 valence electrons. The molecule has 2 aromatic rings. The molecule has 0 unspecified atom stereocenters. The highest BCUT2D eigenvalue weighted by Crippen LogP contribution is 2.26. The van der Waals surface area contributed by atoms with Crippen molar-refractivity contribution in [1.29, 1.82) is 0 Å². The Kier molecular flexibility index (Phi) is 12.0. The normalized spacial score (nSPS) is 11.4. The van der Waals surface area contributed by atoms with Crippen LogP contribution in [0.1, 0.15) is 74.1 Å². The van der Waals surface area contributed by atoms with Gasteiger partial charge in [-0.2, -0.15) is 0 Å². The van der Waals surface area contributed by atoms with Crippen LogP contribution in [0.2, 0.25) is 0 Å². The number of rotatable bonds is 12. The second kappa shape index (κ2) is 13.9. The van der Waals surface area contributed by atoms with Crippen molar-refractivity contribution >= 4 is 21.8 Å². The van der Waals surface area contributed by atoms with Crippen LogP contribution in [0.15, 0.2) is 58.3 Å². The Morgan fingerprint density at radius 1 is 0.735 bits per heavy atom. The van der Waals surface area contributed by atoms with Crippen molar-refractivity contribution in [2.24, 2.45) is 0 Å². The molecule has 0 aliphatic rings.